The lowest BCUT2D eigenvalue weighted by atomic mass is 9.86. The van der Waals surface area contributed by atoms with E-state index in [1.54, 1.807) is 24.3 Å². The molecule has 1 unspecified atom stereocenters. The highest BCUT2D eigenvalue weighted by atomic mass is 35.5. The van der Waals surface area contributed by atoms with Gasteiger partial charge in [-0.1, -0.05) is 25.4 Å². The Balaban J connectivity index is 1.08. The third kappa shape index (κ3) is 6.31. The first-order valence-corrected chi connectivity index (χ1v) is 14.8. The molecule has 1 amide bonds. The van der Waals surface area contributed by atoms with Crippen LogP contribution in [0.4, 0.5) is 5.82 Å². The maximum absolute atomic E-state index is 12.9. The Morgan fingerprint density at radius 2 is 1.90 bits per heavy atom. The zero-order chi connectivity index (χ0) is 27.4. The SMILES string of the molecule is CCC(CC)N1CCC2(CCN(c3ccc(C(=O)N[C@H]4CC[C@H](Oc5ccc(C#N)c(Cl)c5)CC4)nn3)C2)C1. The van der Waals surface area contributed by atoms with Crippen LogP contribution in [0, 0.1) is 16.7 Å². The minimum absolute atomic E-state index is 0.0618. The number of nitriles is 1. The minimum atomic E-state index is -0.174. The van der Waals surface area contributed by atoms with Gasteiger partial charge in [-0.3, -0.25) is 9.69 Å². The highest BCUT2D eigenvalue weighted by molar-refractivity contribution is 6.31. The lowest BCUT2D eigenvalue weighted by Gasteiger charge is -2.29. The molecule has 1 aromatic carbocycles. The molecule has 2 aromatic rings. The predicted molar refractivity (Wildman–Crippen MR) is 152 cm³/mol. The number of carbonyl (C=O) groups is 1. The van der Waals surface area contributed by atoms with Gasteiger partial charge in [-0.05, 0) is 82.2 Å². The van der Waals surface area contributed by atoms with Gasteiger partial charge in [0.25, 0.3) is 5.91 Å². The van der Waals surface area contributed by atoms with Crippen molar-refractivity contribution in [2.24, 2.45) is 5.41 Å². The van der Waals surface area contributed by atoms with Gasteiger partial charge in [0.2, 0.25) is 0 Å². The summed E-state index contributed by atoms with van der Waals surface area (Å²) in [5.41, 5.74) is 1.16. The van der Waals surface area contributed by atoms with Crippen molar-refractivity contribution in [3.8, 4) is 11.8 Å². The molecule has 1 spiro atoms. The second-order valence-electron chi connectivity index (χ2n) is 11.5. The first-order valence-electron chi connectivity index (χ1n) is 14.4. The monoisotopic (exact) mass is 550 g/mol. The van der Waals surface area contributed by atoms with Crippen molar-refractivity contribution in [2.45, 2.75) is 83.4 Å². The third-order valence-electron chi connectivity index (χ3n) is 8.95. The fourth-order valence-corrected chi connectivity index (χ4v) is 6.81. The van der Waals surface area contributed by atoms with Crippen LogP contribution in [0.1, 0.15) is 81.3 Å². The second kappa shape index (κ2) is 12.1. The van der Waals surface area contributed by atoms with E-state index in [2.05, 4.69) is 45.2 Å². The van der Waals surface area contributed by atoms with Gasteiger partial charge in [0, 0.05) is 43.2 Å². The molecule has 1 aliphatic carbocycles. The topological polar surface area (TPSA) is 94.4 Å². The first kappa shape index (κ1) is 27.7. The smallest absolute Gasteiger partial charge is 0.272 e. The van der Waals surface area contributed by atoms with Crippen LogP contribution >= 0.6 is 11.6 Å². The van der Waals surface area contributed by atoms with Crippen molar-refractivity contribution in [3.63, 3.8) is 0 Å². The standard InChI is InChI=1S/C30H39ClN6O2/c1-3-23(4-2)36-15-13-30(19-36)14-16-37(20-30)28-12-11-27(34-35-28)29(38)33-22-6-9-24(10-7-22)39-25-8-5-21(18-32)26(31)17-25/h5,8,11-12,17,22-24H,3-4,6-7,9-10,13-16,19-20H2,1-2H3,(H,33,38)/t22-,24-,30?. The van der Waals surface area contributed by atoms with E-state index >= 15 is 0 Å². The molecule has 2 aliphatic heterocycles. The molecule has 9 heteroatoms. The van der Waals surface area contributed by atoms with Crippen molar-refractivity contribution < 1.29 is 9.53 Å². The molecule has 5 rings (SSSR count). The lowest BCUT2D eigenvalue weighted by molar-refractivity contribution is 0.0888. The third-order valence-corrected chi connectivity index (χ3v) is 9.26. The summed E-state index contributed by atoms with van der Waals surface area (Å²) in [6.07, 6.45) is 8.26. The molecule has 8 nitrogen and oxygen atoms in total. The minimum Gasteiger partial charge on any atom is -0.490 e. The van der Waals surface area contributed by atoms with Crippen LogP contribution in [0.3, 0.4) is 0 Å². The Labute approximate surface area is 236 Å². The van der Waals surface area contributed by atoms with Gasteiger partial charge in [0.15, 0.2) is 11.5 Å². The van der Waals surface area contributed by atoms with E-state index in [9.17, 15) is 4.79 Å². The molecule has 3 fully saturated rings. The van der Waals surface area contributed by atoms with Crippen LogP contribution < -0.4 is 15.0 Å². The number of nitrogens with one attached hydrogen (secondary N) is 1. The van der Waals surface area contributed by atoms with Crippen LogP contribution in [0.15, 0.2) is 30.3 Å². The van der Waals surface area contributed by atoms with Crippen LogP contribution in [0.2, 0.25) is 5.02 Å². The molecule has 0 radical (unpaired) electrons. The molecular formula is C30H39ClN6O2. The molecule has 1 atom stereocenters. The highest BCUT2D eigenvalue weighted by Gasteiger charge is 2.44. The van der Waals surface area contributed by atoms with Crippen LogP contribution in [0.25, 0.3) is 0 Å². The molecule has 3 heterocycles. The molecular weight excluding hydrogens is 512 g/mol. The Bertz CT molecular complexity index is 1190. The zero-order valence-electron chi connectivity index (χ0n) is 23.0. The van der Waals surface area contributed by atoms with E-state index in [-0.39, 0.29) is 18.1 Å². The first-order chi connectivity index (χ1) is 18.9. The maximum Gasteiger partial charge on any atom is 0.272 e. The number of hydrogen-bond acceptors (Lipinski definition) is 7. The number of benzene rings is 1. The van der Waals surface area contributed by atoms with Gasteiger partial charge < -0.3 is 15.0 Å². The normalized spacial score (nSPS) is 25.3. The summed E-state index contributed by atoms with van der Waals surface area (Å²) >= 11 is 6.12. The number of aromatic nitrogens is 2. The Morgan fingerprint density at radius 1 is 1.13 bits per heavy atom. The summed E-state index contributed by atoms with van der Waals surface area (Å²) in [5.74, 6) is 1.36. The average molecular weight is 551 g/mol. The van der Waals surface area contributed by atoms with Crippen molar-refractivity contribution in [2.75, 3.05) is 31.1 Å². The van der Waals surface area contributed by atoms with E-state index in [1.807, 2.05) is 6.07 Å². The molecule has 0 bridgehead atoms. The summed E-state index contributed by atoms with van der Waals surface area (Å²) < 4.78 is 6.06. The van der Waals surface area contributed by atoms with E-state index in [4.69, 9.17) is 21.6 Å². The number of hydrogen-bond donors (Lipinski definition) is 1. The van der Waals surface area contributed by atoms with E-state index in [0.717, 1.165) is 44.6 Å². The molecule has 3 aliphatic rings. The van der Waals surface area contributed by atoms with Gasteiger partial charge in [0.05, 0.1) is 16.7 Å². The number of amides is 1. The number of nitrogens with zero attached hydrogens (tertiary/aromatic N) is 5. The maximum atomic E-state index is 12.9. The summed E-state index contributed by atoms with van der Waals surface area (Å²) in [7, 11) is 0. The number of anilines is 1. The number of carbonyl (C=O) groups excluding carboxylic acids is 1. The predicted octanol–water partition coefficient (Wildman–Crippen LogP) is 5.21. The molecule has 39 heavy (non-hydrogen) atoms. The molecule has 2 saturated heterocycles. The van der Waals surface area contributed by atoms with Gasteiger partial charge in [-0.2, -0.15) is 5.26 Å². The van der Waals surface area contributed by atoms with Gasteiger partial charge >= 0.3 is 0 Å². The van der Waals surface area contributed by atoms with Gasteiger partial charge in [-0.15, -0.1) is 10.2 Å². The molecule has 1 saturated carbocycles. The Kier molecular flexibility index (Phi) is 8.58. The van der Waals surface area contributed by atoms with Crippen LogP contribution in [0.5, 0.6) is 5.75 Å². The molecule has 208 valence electrons. The number of rotatable bonds is 8. The summed E-state index contributed by atoms with van der Waals surface area (Å²) in [4.78, 5) is 17.9. The lowest BCUT2D eigenvalue weighted by Crippen LogP contribution is -2.40. The van der Waals surface area contributed by atoms with Crippen molar-refractivity contribution in [1.29, 1.82) is 5.26 Å². The van der Waals surface area contributed by atoms with Crippen molar-refractivity contribution in [1.82, 2.24) is 20.4 Å². The fourth-order valence-electron chi connectivity index (χ4n) is 6.60. The molecule has 1 N–H and O–H groups in total. The summed E-state index contributed by atoms with van der Waals surface area (Å²) in [5, 5.41) is 21.3. The largest absolute Gasteiger partial charge is 0.490 e. The summed E-state index contributed by atoms with van der Waals surface area (Å²) in [6, 6.07) is 11.7. The van der Waals surface area contributed by atoms with E-state index in [1.165, 1.54) is 38.8 Å². The second-order valence-corrected chi connectivity index (χ2v) is 11.9. The van der Waals surface area contributed by atoms with Crippen LogP contribution in [-0.4, -0.2) is 65.4 Å². The molecule has 1 aromatic heterocycles. The number of ether oxygens (including phenoxy) is 1. The van der Waals surface area contributed by atoms with E-state index in [0.29, 0.717) is 33.5 Å². The van der Waals surface area contributed by atoms with Crippen molar-refractivity contribution >= 4 is 23.3 Å². The quantitative estimate of drug-likeness (QED) is 0.482. The highest BCUT2D eigenvalue weighted by Crippen LogP contribution is 2.41. The van der Waals surface area contributed by atoms with Crippen molar-refractivity contribution in [3.05, 3.63) is 46.6 Å². The Hall–Kier alpha value is -2.89. The van der Waals surface area contributed by atoms with Gasteiger partial charge in [-0.25, -0.2) is 0 Å². The zero-order valence-corrected chi connectivity index (χ0v) is 23.8. The fraction of sp³-hybridized carbons (Fsp3) is 0.600. The summed E-state index contributed by atoms with van der Waals surface area (Å²) in [6.45, 7) is 8.98. The van der Waals surface area contributed by atoms with Crippen LogP contribution in [-0.2, 0) is 0 Å². The average Bonchev–Trinajstić information content (AvgIpc) is 3.57. The number of likely N-dealkylation sites (tertiary alicyclic amines) is 1. The Morgan fingerprint density at radius 3 is 2.56 bits per heavy atom. The van der Waals surface area contributed by atoms with E-state index < -0.39 is 0 Å². The number of halogens is 1. The van der Waals surface area contributed by atoms with Gasteiger partial charge in [0.1, 0.15) is 11.8 Å².